The zero-order valence-corrected chi connectivity index (χ0v) is 16.6. The molecule has 1 saturated carbocycles. The highest BCUT2D eigenvalue weighted by Crippen LogP contribution is 2.55. The number of methoxy groups -OCH3 is 2. The number of nitrogens with zero attached hydrogens (tertiary/aromatic N) is 1. The zero-order chi connectivity index (χ0) is 18.4. The molecule has 1 N–H and O–H groups in total. The second-order valence-electron chi connectivity index (χ2n) is 7.87. The van der Waals surface area contributed by atoms with E-state index in [4.69, 9.17) is 9.47 Å². The number of benzene rings is 1. The molecule has 142 valence electrons. The summed E-state index contributed by atoms with van der Waals surface area (Å²) in [5, 5.41) is 3.62. The van der Waals surface area contributed by atoms with E-state index in [-0.39, 0.29) is 16.3 Å². The second kappa shape index (κ2) is 6.73. The zero-order valence-electron chi connectivity index (χ0n) is 15.8. The first-order valence-electron chi connectivity index (χ1n) is 9.35. The number of hydrogen-bond donors (Lipinski definition) is 1. The van der Waals surface area contributed by atoms with Gasteiger partial charge in [0.2, 0.25) is 0 Å². The van der Waals surface area contributed by atoms with Gasteiger partial charge in [0.1, 0.15) is 6.29 Å². The number of carbonyl (C=O) groups excluding carboxylic acids is 1. The van der Waals surface area contributed by atoms with Crippen molar-refractivity contribution in [2.75, 3.05) is 33.6 Å². The highest BCUT2D eigenvalue weighted by atomic mass is 32.2. The van der Waals surface area contributed by atoms with Gasteiger partial charge in [-0.05, 0) is 57.0 Å². The number of nitrogens with one attached hydrogen (secondary N) is 1. The molecular weight excluding hydrogens is 348 g/mol. The average Bonchev–Trinajstić information content (AvgIpc) is 3.24. The molecule has 2 aliphatic heterocycles. The lowest BCUT2D eigenvalue weighted by Gasteiger charge is -2.49. The van der Waals surface area contributed by atoms with Crippen molar-refractivity contribution in [3.63, 3.8) is 0 Å². The molecule has 1 aliphatic carbocycles. The second-order valence-corrected chi connectivity index (χ2v) is 9.27. The number of likely N-dealkylation sites (N-methyl/N-ethyl adjacent to an activating group) is 1. The molecule has 0 aromatic heterocycles. The van der Waals surface area contributed by atoms with E-state index in [1.54, 1.807) is 14.2 Å². The van der Waals surface area contributed by atoms with Crippen molar-refractivity contribution in [2.24, 2.45) is 0 Å². The van der Waals surface area contributed by atoms with Crippen LogP contribution < -0.4 is 14.8 Å². The van der Waals surface area contributed by atoms with E-state index in [0.29, 0.717) is 6.04 Å². The summed E-state index contributed by atoms with van der Waals surface area (Å²) < 4.78 is 11.0. The molecule has 3 aliphatic rings. The van der Waals surface area contributed by atoms with Crippen LogP contribution in [-0.2, 0) is 10.2 Å². The van der Waals surface area contributed by atoms with Crippen molar-refractivity contribution in [3.05, 3.63) is 23.8 Å². The number of likely N-dealkylation sites (tertiary alicyclic amines) is 1. The van der Waals surface area contributed by atoms with Gasteiger partial charge in [-0.25, -0.2) is 0 Å². The summed E-state index contributed by atoms with van der Waals surface area (Å²) in [6.45, 7) is 1.11. The van der Waals surface area contributed by atoms with Crippen LogP contribution in [0, 0.1) is 0 Å². The minimum absolute atomic E-state index is 0.000268. The third-order valence-corrected chi connectivity index (χ3v) is 8.26. The fraction of sp³-hybridized carbons (Fsp3) is 0.650. The number of aldehydes is 1. The molecule has 2 saturated heterocycles. The third kappa shape index (κ3) is 2.74. The first-order chi connectivity index (χ1) is 12.6. The van der Waals surface area contributed by atoms with E-state index < -0.39 is 0 Å². The first-order valence-corrected chi connectivity index (χ1v) is 10.3. The Morgan fingerprint density at radius 2 is 2.04 bits per heavy atom. The molecule has 1 aromatic rings. The number of fused-ring (bicyclic) bond motifs is 1. The Morgan fingerprint density at radius 3 is 2.73 bits per heavy atom. The summed E-state index contributed by atoms with van der Waals surface area (Å²) in [7, 11) is 5.62. The van der Waals surface area contributed by atoms with Crippen LogP contribution >= 0.6 is 11.8 Å². The Hall–Kier alpha value is -1.24. The summed E-state index contributed by atoms with van der Waals surface area (Å²) in [6.07, 6.45) is 5.54. The van der Waals surface area contributed by atoms with Crippen LogP contribution in [0.2, 0.25) is 0 Å². The minimum Gasteiger partial charge on any atom is -0.493 e. The molecule has 5 nitrogen and oxygen atoms in total. The van der Waals surface area contributed by atoms with Crippen LogP contribution in [0.3, 0.4) is 0 Å². The van der Waals surface area contributed by atoms with Crippen LogP contribution in [0.25, 0.3) is 0 Å². The Bertz CT molecular complexity index is 700. The molecule has 1 aromatic carbocycles. The minimum atomic E-state index is 0.000268. The van der Waals surface area contributed by atoms with E-state index in [0.717, 1.165) is 49.3 Å². The van der Waals surface area contributed by atoms with Gasteiger partial charge in [0, 0.05) is 17.2 Å². The average molecular weight is 377 g/mol. The fourth-order valence-electron chi connectivity index (χ4n) is 5.24. The molecule has 0 amide bonds. The van der Waals surface area contributed by atoms with E-state index in [9.17, 15) is 4.79 Å². The van der Waals surface area contributed by atoms with Gasteiger partial charge in [-0.2, -0.15) is 0 Å². The summed E-state index contributed by atoms with van der Waals surface area (Å²) >= 11 is 1.94. The van der Waals surface area contributed by atoms with Gasteiger partial charge in [0.25, 0.3) is 0 Å². The van der Waals surface area contributed by atoms with Crippen molar-refractivity contribution in [2.45, 2.75) is 48.1 Å². The Kier molecular flexibility index (Phi) is 4.70. The monoisotopic (exact) mass is 376 g/mol. The van der Waals surface area contributed by atoms with Gasteiger partial charge >= 0.3 is 0 Å². The largest absolute Gasteiger partial charge is 0.493 e. The maximum atomic E-state index is 11.2. The maximum Gasteiger partial charge on any atom is 0.161 e. The third-order valence-electron chi connectivity index (χ3n) is 6.69. The first kappa shape index (κ1) is 18.1. The highest BCUT2D eigenvalue weighted by Gasteiger charge is 2.56. The van der Waals surface area contributed by atoms with Crippen LogP contribution in [0.15, 0.2) is 18.2 Å². The van der Waals surface area contributed by atoms with Gasteiger partial charge < -0.3 is 19.2 Å². The van der Waals surface area contributed by atoms with Crippen molar-refractivity contribution >= 4 is 18.0 Å². The van der Waals surface area contributed by atoms with Crippen molar-refractivity contribution in [1.29, 1.82) is 0 Å². The molecule has 6 heteroatoms. The standard InChI is InChI=1S/C20H28N2O3S/c1-22-9-8-19(14-4-5-16(24-2)17(10-14)25-3)6-7-20(11-18(19)22)21-15(12-23)13-26-20/h4-5,10,12,15,18,21H,6-9,11,13H2,1-3H3/t15?,18-,19-,20?/m0/s1. The van der Waals surface area contributed by atoms with E-state index in [1.807, 2.05) is 17.8 Å². The van der Waals surface area contributed by atoms with Crippen molar-refractivity contribution in [1.82, 2.24) is 10.2 Å². The van der Waals surface area contributed by atoms with Gasteiger partial charge in [-0.3, -0.25) is 5.32 Å². The molecule has 0 radical (unpaired) electrons. The van der Waals surface area contributed by atoms with Crippen LogP contribution in [0.4, 0.5) is 0 Å². The lowest BCUT2D eigenvalue weighted by atomic mass is 9.64. The Labute approximate surface area is 159 Å². The number of rotatable bonds is 4. The summed E-state index contributed by atoms with van der Waals surface area (Å²) in [5.41, 5.74) is 1.51. The number of carbonyl (C=O) groups is 1. The van der Waals surface area contributed by atoms with E-state index in [2.05, 4.69) is 29.4 Å². The van der Waals surface area contributed by atoms with Crippen LogP contribution in [-0.4, -0.2) is 61.7 Å². The predicted octanol–water partition coefficient (Wildman–Crippen LogP) is 2.43. The van der Waals surface area contributed by atoms with E-state index >= 15 is 0 Å². The molecular formula is C20H28N2O3S. The Balaban J connectivity index is 1.67. The lowest BCUT2D eigenvalue weighted by molar-refractivity contribution is -0.109. The van der Waals surface area contributed by atoms with Gasteiger partial charge in [-0.15, -0.1) is 11.8 Å². The van der Waals surface area contributed by atoms with Crippen molar-refractivity contribution in [3.8, 4) is 11.5 Å². The molecule has 4 rings (SSSR count). The number of hydrogen-bond acceptors (Lipinski definition) is 6. The summed E-state index contributed by atoms with van der Waals surface area (Å²) in [6, 6.07) is 6.90. The van der Waals surface area contributed by atoms with Gasteiger partial charge in [-0.1, -0.05) is 6.07 Å². The highest BCUT2D eigenvalue weighted by molar-refractivity contribution is 8.00. The normalized spacial score (nSPS) is 36.9. The molecule has 0 bridgehead atoms. The van der Waals surface area contributed by atoms with Crippen molar-refractivity contribution < 1.29 is 14.3 Å². The number of ether oxygens (including phenoxy) is 2. The molecule has 4 atom stereocenters. The number of thioether (sulfide) groups is 1. The summed E-state index contributed by atoms with van der Waals surface area (Å²) in [5.74, 6) is 2.48. The lowest BCUT2D eigenvalue weighted by Crippen LogP contribution is -2.56. The fourth-order valence-corrected chi connectivity index (χ4v) is 6.65. The van der Waals surface area contributed by atoms with Crippen LogP contribution in [0.1, 0.15) is 31.2 Å². The molecule has 3 fully saturated rings. The smallest absolute Gasteiger partial charge is 0.161 e. The molecule has 1 spiro atoms. The maximum absolute atomic E-state index is 11.2. The van der Waals surface area contributed by atoms with E-state index in [1.165, 1.54) is 12.0 Å². The van der Waals surface area contributed by atoms with Crippen LogP contribution in [0.5, 0.6) is 11.5 Å². The molecule has 2 unspecified atom stereocenters. The molecule has 2 heterocycles. The predicted molar refractivity (Wildman–Crippen MR) is 104 cm³/mol. The topological polar surface area (TPSA) is 50.8 Å². The Morgan fingerprint density at radius 1 is 1.23 bits per heavy atom. The summed E-state index contributed by atoms with van der Waals surface area (Å²) in [4.78, 5) is 13.8. The van der Waals surface area contributed by atoms with Gasteiger partial charge in [0.15, 0.2) is 11.5 Å². The molecule has 26 heavy (non-hydrogen) atoms. The quantitative estimate of drug-likeness (QED) is 0.815. The van der Waals surface area contributed by atoms with Gasteiger partial charge in [0.05, 0.1) is 25.1 Å². The SMILES string of the molecule is COc1ccc([C@]23CCN(C)[C@H]2CC2(CC3)NC(C=O)CS2)cc1OC.